The van der Waals surface area contributed by atoms with Crippen molar-refractivity contribution in [1.82, 2.24) is 0 Å². The van der Waals surface area contributed by atoms with Crippen LogP contribution >= 0.6 is 0 Å². The summed E-state index contributed by atoms with van der Waals surface area (Å²) in [5.41, 5.74) is 13.3. The highest BCUT2D eigenvalue weighted by atomic mass is 16.3. The zero-order valence-corrected chi connectivity index (χ0v) is 16.4. The van der Waals surface area contributed by atoms with Gasteiger partial charge in [-0.05, 0) is 78.4 Å². The van der Waals surface area contributed by atoms with E-state index in [0.29, 0.717) is 23.7 Å². The van der Waals surface area contributed by atoms with E-state index in [2.05, 4.69) is 27.7 Å². The average Bonchev–Trinajstić information content (AvgIpc) is 2.82. The number of aliphatic hydroxyl groups is 2. The lowest BCUT2D eigenvalue weighted by Gasteiger charge is -2.48. The van der Waals surface area contributed by atoms with Crippen LogP contribution in [0.4, 0.5) is 0 Å². The van der Waals surface area contributed by atoms with Crippen molar-refractivity contribution >= 4 is 0 Å². The van der Waals surface area contributed by atoms with E-state index in [0.717, 1.165) is 25.7 Å². The molecule has 0 saturated heterocycles. The minimum atomic E-state index is -0.370. The van der Waals surface area contributed by atoms with Gasteiger partial charge in [0.2, 0.25) is 0 Å². The van der Waals surface area contributed by atoms with Crippen LogP contribution in [0.3, 0.4) is 0 Å². The third kappa shape index (κ3) is 2.47. The molecule has 0 radical (unpaired) electrons. The van der Waals surface area contributed by atoms with Crippen molar-refractivity contribution < 1.29 is 10.2 Å². The van der Waals surface area contributed by atoms with Gasteiger partial charge in [-0.15, -0.1) is 0 Å². The molecule has 0 heterocycles. The van der Waals surface area contributed by atoms with E-state index in [4.69, 9.17) is 11.5 Å². The van der Waals surface area contributed by atoms with Gasteiger partial charge in [-0.3, -0.25) is 0 Å². The summed E-state index contributed by atoms with van der Waals surface area (Å²) in [4.78, 5) is 0. The quantitative estimate of drug-likeness (QED) is 0.539. The Labute approximate surface area is 152 Å². The Balaban J connectivity index is 1.75. The van der Waals surface area contributed by atoms with E-state index < -0.39 is 0 Å². The van der Waals surface area contributed by atoms with Crippen LogP contribution in [0.15, 0.2) is 0 Å². The van der Waals surface area contributed by atoms with Gasteiger partial charge in [0.15, 0.2) is 0 Å². The molecule has 1 spiro atoms. The second-order valence-corrected chi connectivity index (χ2v) is 11.4. The van der Waals surface area contributed by atoms with Gasteiger partial charge in [-0.25, -0.2) is 0 Å². The highest BCUT2D eigenvalue weighted by Gasteiger charge is 2.68. The SMILES string of the molecule is CC1(C)CC2(CC(C)(C)C3CC(N)C(O)CC32)C2CC(O)C(N)CC21. The predicted molar refractivity (Wildman–Crippen MR) is 99.6 cm³/mol. The summed E-state index contributed by atoms with van der Waals surface area (Å²) in [6.45, 7) is 9.65. The van der Waals surface area contributed by atoms with Crippen LogP contribution < -0.4 is 11.5 Å². The first-order chi connectivity index (χ1) is 11.5. The summed E-state index contributed by atoms with van der Waals surface area (Å²) in [7, 11) is 0. The molecule has 0 amide bonds. The fourth-order valence-electron chi connectivity index (χ4n) is 8.25. The maximum Gasteiger partial charge on any atom is 0.0694 e. The van der Waals surface area contributed by atoms with E-state index in [1.54, 1.807) is 0 Å². The molecule has 0 aliphatic heterocycles. The molecule has 4 nitrogen and oxygen atoms in total. The number of rotatable bonds is 0. The molecule has 0 bridgehead atoms. The molecular weight excluding hydrogens is 312 g/mol. The second kappa shape index (κ2) is 5.43. The summed E-state index contributed by atoms with van der Waals surface area (Å²) in [6, 6.07) is -0.155. The molecule has 4 rings (SSSR count). The molecule has 0 aromatic carbocycles. The molecule has 25 heavy (non-hydrogen) atoms. The molecule has 0 aromatic rings. The van der Waals surface area contributed by atoms with Crippen molar-refractivity contribution in [3.05, 3.63) is 0 Å². The first-order valence-corrected chi connectivity index (χ1v) is 10.4. The summed E-state index contributed by atoms with van der Waals surface area (Å²) in [5, 5.41) is 21.1. The fraction of sp³-hybridized carbons (Fsp3) is 1.00. The second-order valence-electron chi connectivity index (χ2n) is 11.4. The minimum absolute atomic E-state index is 0.0775. The number of hydrogen-bond donors (Lipinski definition) is 4. The monoisotopic (exact) mass is 350 g/mol. The van der Waals surface area contributed by atoms with Gasteiger partial charge >= 0.3 is 0 Å². The van der Waals surface area contributed by atoms with Crippen LogP contribution in [0.25, 0.3) is 0 Å². The highest BCUT2D eigenvalue weighted by molar-refractivity contribution is 5.18. The standard InChI is InChI=1S/C21H38N2O2/c1-19(2)9-21(13-7-17(24)15(22)5-11(13)19)10-20(3,4)12-6-16(23)18(25)8-14(12)21/h11-18,24-25H,5-10,22-23H2,1-4H3. The van der Waals surface area contributed by atoms with Gasteiger partial charge in [0.1, 0.15) is 0 Å². The Morgan fingerprint density at radius 2 is 1.00 bits per heavy atom. The zero-order chi connectivity index (χ0) is 18.4. The van der Waals surface area contributed by atoms with Gasteiger partial charge in [0.25, 0.3) is 0 Å². The normalized spacial score (nSPS) is 56.6. The first-order valence-electron chi connectivity index (χ1n) is 10.4. The Morgan fingerprint density at radius 1 is 0.640 bits per heavy atom. The van der Waals surface area contributed by atoms with Crippen LogP contribution in [0.5, 0.6) is 0 Å². The molecule has 4 aliphatic carbocycles. The largest absolute Gasteiger partial charge is 0.392 e. The van der Waals surface area contributed by atoms with Crippen LogP contribution in [0, 0.1) is 39.9 Å². The molecule has 4 heteroatoms. The fourth-order valence-corrected chi connectivity index (χ4v) is 8.25. The maximum atomic E-state index is 10.6. The Bertz CT molecular complexity index is 498. The van der Waals surface area contributed by atoms with Crippen LogP contribution in [-0.2, 0) is 0 Å². The smallest absolute Gasteiger partial charge is 0.0694 e. The molecule has 6 N–H and O–H groups in total. The van der Waals surface area contributed by atoms with Gasteiger partial charge in [-0.2, -0.15) is 0 Å². The van der Waals surface area contributed by atoms with Crippen molar-refractivity contribution in [2.45, 2.75) is 90.5 Å². The molecule has 4 aliphatic rings. The minimum Gasteiger partial charge on any atom is -0.392 e. The van der Waals surface area contributed by atoms with Gasteiger partial charge < -0.3 is 21.7 Å². The summed E-state index contributed by atoms with van der Waals surface area (Å²) < 4.78 is 0. The Morgan fingerprint density at radius 3 is 1.36 bits per heavy atom. The van der Waals surface area contributed by atoms with E-state index >= 15 is 0 Å². The van der Waals surface area contributed by atoms with Crippen molar-refractivity contribution in [3.63, 3.8) is 0 Å². The van der Waals surface area contributed by atoms with Gasteiger partial charge in [0, 0.05) is 12.1 Å². The first kappa shape index (κ1) is 18.2. The van der Waals surface area contributed by atoms with Crippen LogP contribution in [0.2, 0.25) is 0 Å². The summed E-state index contributed by atoms with van der Waals surface area (Å²) in [5.74, 6) is 2.25. The van der Waals surface area contributed by atoms with Crippen molar-refractivity contribution in [3.8, 4) is 0 Å². The van der Waals surface area contributed by atoms with Crippen molar-refractivity contribution in [2.75, 3.05) is 0 Å². The van der Waals surface area contributed by atoms with E-state index in [1.165, 1.54) is 12.8 Å². The van der Waals surface area contributed by atoms with Gasteiger partial charge in [0.05, 0.1) is 12.2 Å². The summed E-state index contributed by atoms with van der Waals surface area (Å²) in [6.07, 6.45) is 5.26. The lowest BCUT2D eigenvalue weighted by Crippen LogP contribution is -2.51. The molecule has 0 aromatic heterocycles. The number of hydrogen-bond acceptors (Lipinski definition) is 4. The number of nitrogens with two attached hydrogens (primary N) is 2. The number of aliphatic hydroxyl groups excluding tert-OH is 2. The lowest BCUT2D eigenvalue weighted by atomic mass is 9.59. The molecule has 8 atom stereocenters. The van der Waals surface area contributed by atoms with Crippen molar-refractivity contribution in [1.29, 1.82) is 0 Å². The molecular formula is C21H38N2O2. The van der Waals surface area contributed by atoms with Crippen LogP contribution in [-0.4, -0.2) is 34.5 Å². The topological polar surface area (TPSA) is 92.5 Å². The predicted octanol–water partition coefficient (Wildman–Crippen LogP) is 2.26. The molecule has 4 fully saturated rings. The summed E-state index contributed by atoms with van der Waals surface area (Å²) >= 11 is 0. The third-order valence-corrected chi connectivity index (χ3v) is 9.06. The highest BCUT2D eigenvalue weighted by Crippen LogP contribution is 2.74. The lowest BCUT2D eigenvalue weighted by molar-refractivity contribution is -0.0347. The Hall–Kier alpha value is -0.160. The van der Waals surface area contributed by atoms with Crippen molar-refractivity contribution in [2.24, 2.45) is 51.4 Å². The van der Waals surface area contributed by atoms with Gasteiger partial charge in [-0.1, -0.05) is 27.7 Å². The van der Waals surface area contributed by atoms with E-state index in [1.807, 2.05) is 0 Å². The van der Waals surface area contributed by atoms with Crippen LogP contribution in [0.1, 0.15) is 66.2 Å². The molecule has 144 valence electrons. The van der Waals surface area contributed by atoms with E-state index in [-0.39, 0.29) is 40.5 Å². The van der Waals surface area contributed by atoms with E-state index in [9.17, 15) is 10.2 Å². The third-order valence-electron chi connectivity index (χ3n) is 9.06. The molecule has 4 saturated carbocycles. The molecule has 8 unspecified atom stereocenters. The average molecular weight is 351 g/mol. The maximum absolute atomic E-state index is 10.6. The Kier molecular flexibility index (Phi) is 3.96. The number of fused-ring (bicyclic) bond motifs is 4. The zero-order valence-electron chi connectivity index (χ0n) is 16.4.